The van der Waals surface area contributed by atoms with Crippen molar-refractivity contribution in [3.05, 3.63) is 83.2 Å². The molecule has 0 unspecified atom stereocenters. The number of anilines is 4. The molecule has 1 fully saturated rings. The van der Waals surface area contributed by atoms with E-state index in [2.05, 4.69) is 96.7 Å². The van der Waals surface area contributed by atoms with Crippen LogP contribution in [0.3, 0.4) is 0 Å². The van der Waals surface area contributed by atoms with Gasteiger partial charge in [-0.3, -0.25) is 4.79 Å². The number of rotatable bonds is 9. The lowest BCUT2D eigenvalue weighted by atomic mass is 10.0. The Hall–Kier alpha value is -4.17. The summed E-state index contributed by atoms with van der Waals surface area (Å²) in [6.07, 6.45) is 7.68. The maximum atomic E-state index is 13.3. The van der Waals surface area contributed by atoms with Crippen molar-refractivity contribution >= 4 is 28.9 Å². The van der Waals surface area contributed by atoms with Crippen molar-refractivity contribution in [1.29, 1.82) is 0 Å². The van der Waals surface area contributed by atoms with E-state index in [1.165, 1.54) is 18.5 Å². The van der Waals surface area contributed by atoms with Crippen LogP contribution in [-0.2, 0) is 19.9 Å². The van der Waals surface area contributed by atoms with E-state index in [4.69, 9.17) is 4.98 Å². The van der Waals surface area contributed by atoms with Gasteiger partial charge in [-0.15, -0.1) is 0 Å². The summed E-state index contributed by atoms with van der Waals surface area (Å²) in [4.78, 5) is 27.4. The van der Waals surface area contributed by atoms with Crippen LogP contribution < -0.4 is 15.5 Å². The van der Waals surface area contributed by atoms with Gasteiger partial charge < -0.3 is 25.0 Å². The summed E-state index contributed by atoms with van der Waals surface area (Å²) in [5, 5.41) is 6.58. The van der Waals surface area contributed by atoms with Crippen molar-refractivity contribution in [1.82, 2.24) is 19.4 Å². The smallest absolute Gasteiger partial charge is 0.257 e. The molecule has 0 radical (unpaired) electrons. The first-order valence-electron chi connectivity index (χ1n) is 15.0. The SMILES string of the molecule is CCc1cccc(CC)c1NC(=O)c1cc(-c2ccnc(Nc3ccc(N4CCC(N(C)C)CC4)cc3C)n2)n(C)c1. The molecular formula is C34H43N7O. The van der Waals surface area contributed by atoms with Crippen LogP contribution in [0.25, 0.3) is 11.4 Å². The van der Waals surface area contributed by atoms with Crippen LogP contribution in [0.4, 0.5) is 23.0 Å². The first-order chi connectivity index (χ1) is 20.3. The minimum atomic E-state index is -0.124. The van der Waals surface area contributed by atoms with Gasteiger partial charge in [-0.2, -0.15) is 0 Å². The Kier molecular flexibility index (Phi) is 8.92. The average Bonchev–Trinajstić information content (AvgIpc) is 3.40. The molecular weight excluding hydrogens is 522 g/mol. The van der Waals surface area contributed by atoms with E-state index in [1.54, 1.807) is 6.20 Å². The fraction of sp³-hybridized carbons (Fsp3) is 0.382. The van der Waals surface area contributed by atoms with E-state index in [-0.39, 0.29) is 5.91 Å². The van der Waals surface area contributed by atoms with E-state index in [9.17, 15) is 4.79 Å². The lowest BCUT2D eigenvalue weighted by Crippen LogP contribution is -2.42. The van der Waals surface area contributed by atoms with Crippen LogP contribution >= 0.6 is 0 Å². The summed E-state index contributed by atoms with van der Waals surface area (Å²) in [5.74, 6) is 0.397. The van der Waals surface area contributed by atoms with Gasteiger partial charge in [0.1, 0.15) is 0 Å². The third-order valence-electron chi connectivity index (χ3n) is 8.44. The molecule has 1 aliphatic heterocycles. The second-order valence-electron chi connectivity index (χ2n) is 11.4. The maximum absolute atomic E-state index is 13.3. The Balaban J connectivity index is 1.30. The highest BCUT2D eigenvalue weighted by atomic mass is 16.1. The molecule has 3 heterocycles. The van der Waals surface area contributed by atoms with E-state index in [1.807, 2.05) is 29.9 Å². The first kappa shape index (κ1) is 29.3. The number of aromatic nitrogens is 3. The van der Waals surface area contributed by atoms with Gasteiger partial charge in [0.05, 0.1) is 17.0 Å². The zero-order chi connectivity index (χ0) is 29.8. The molecule has 0 bridgehead atoms. The van der Waals surface area contributed by atoms with Gasteiger partial charge in [-0.1, -0.05) is 32.0 Å². The minimum Gasteiger partial charge on any atom is -0.371 e. The Morgan fingerprint density at radius 1 is 1.02 bits per heavy atom. The Morgan fingerprint density at radius 2 is 1.74 bits per heavy atom. The Bertz CT molecular complexity index is 1530. The number of carbonyl (C=O) groups is 1. The standard InChI is InChI=1S/C34H43N7O/c1-7-24-10-9-11-25(8-2)32(24)38-33(42)26-21-31(40(6)22-26)30-14-17-35-34(37-30)36-29-13-12-28(20-23(29)3)41-18-15-27(16-19-41)39(4)5/h9-14,17,20-22,27H,7-8,15-16,18-19H2,1-6H3,(H,38,42)(H,35,36,37). The molecule has 2 aromatic carbocycles. The van der Waals surface area contributed by atoms with Gasteiger partial charge in [0, 0.05) is 55.6 Å². The highest BCUT2D eigenvalue weighted by Gasteiger charge is 2.21. The summed E-state index contributed by atoms with van der Waals surface area (Å²) in [6, 6.07) is 17.2. The molecule has 2 aromatic heterocycles. The quantitative estimate of drug-likeness (QED) is 0.243. The summed E-state index contributed by atoms with van der Waals surface area (Å²) >= 11 is 0. The number of piperidine rings is 1. The summed E-state index contributed by atoms with van der Waals surface area (Å²) in [5.41, 5.74) is 8.77. The van der Waals surface area contributed by atoms with Gasteiger partial charge in [0.25, 0.3) is 5.91 Å². The number of hydrogen-bond donors (Lipinski definition) is 2. The van der Waals surface area contributed by atoms with E-state index in [0.29, 0.717) is 17.6 Å². The number of carbonyl (C=O) groups excluding carboxylic acids is 1. The molecule has 1 saturated heterocycles. The number of nitrogens with zero attached hydrogens (tertiary/aromatic N) is 5. The van der Waals surface area contributed by atoms with E-state index >= 15 is 0 Å². The monoisotopic (exact) mass is 565 g/mol. The third kappa shape index (κ3) is 6.34. The van der Waals surface area contributed by atoms with E-state index < -0.39 is 0 Å². The van der Waals surface area contributed by atoms with E-state index in [0.717, 1.165) is 65.4 Å². The molecule has 0 atom stereocenters. The number of aryl methyl sites for hydroxylation is 4. The molecule has 0 aliphatic carbocycles. The third-order valence-corrected chi connectivity index (χ3v) is 8.44. The predicted molar refractivity (Wildman–Crippen MR) is 173 cm³/mol. The lowest BCUT2D eigenvalue weighted by Gasteiger charge is -2.36. The molecule has 2 N–H and O–H groups in total. The highest BCUT2D eigenvalue weighted by Crippen LogP contribution is 2.29. The lowest BCUT2D eigenvalue weighted by molar-refractivity contribution is 0.102. The summed E-state index contributed by atoms with van der Waals surface area (Å²) in [6.45, 7) is 8.47. The van der Waals surface area contributed by atoms with Gasteiger partial charge >= 0.3 is 0 Å². The van der Waals surface area contributed by atoms with Gasteiger partial charge in [0.15, 0.2) is 0 Å². The predicted octanol–water partition coefficient (Wildman–Crippen LogP) is 6.44. The largest absolute Gasteiger partial charge is 0.371 e. The Morgan fingerprint density at radius 3 is 2.38 bits per heavy atom. The second-order valence-corrected chi connectivity index (χ2v) is 11.4. The molecule has 5 rings (SSSR count). The second kappa shape index (κ2) is 12.8. The number of para-hydroxylation sites is 1. The fourth-order valence-corrected chi connectivity index (χ4v) is 5.84. The van der Waals surface area contributed by atoms with Crippen molar-refractivity contribution in [3.8, 4) is 11.4 Å². The first-order valence-corrected chi connectivity index (χ1v) is 15.0. The van der Waals surface area contributed by atoms with Gasteiger partial charge in [0.2, 0.25) is 5.95 Å². The zero-order valence-corrected chi connectivity index (χ0v) is 25.7. The molecule has 8 heteroatoms. The van der Waals surface area contributed by atoms with Crippen LogP contribution in [0.2, 0.25) is 0 Å². The van der Waals surface area contributed by atoms with Gasteiger partial charge in [-0.25, -0.2) is 9.97 Å². The molecule has 4 aromatic rings. The summed E-state index contributed by atoms with van der Waals surface area (Å²) < 4.78 is 1.94. The Labute approximate surface area is 249 Å². The van der Waals surface area contributed by atoms with Crippen molar-refractivity contribution in [2.75, 3.05) is 42.7 Å². The van der Waals surface area contributed by atoms with Crippen molar-refractivity contribution in [3.63, 3.8) is 0 Å². The summed E-state index contributed by atoms with van der Waals surface area (Å²) in [7, 11) is 6.28. The van der Waals surface area contributed by atoms with Crippen LogP contribution in [0.5, 0.6) is 0 Å². The number of nitrogens with one attached hydrogen (secondary N) is 2. The minimum absolute atomic E-state index is 0.124. The molecule has 42 heavy (non-hydrogen) atoms. The van der Waals surface area contributed by atoms with Crippen molar-refractivity contribution in [2.45, 2.75) is 52.5 Å². The molecule has 8 nitrogen and oxygen atoms in total. The molecule has 0 saturated carbocycles. The maximum Gasteiger partial charge on any atom is 0.257 e. The van der Waals surface area contributed by atoms with Crippen LogP contribution in [0.15, 0.2) is 60.9 Å². The molecule has 0 spiro atoms. The zero-order valence-electron chi connectivity index (χ0n) is 25.7. The topological polar surface area (TPSA) is 78.3 Å². The molecule has 220 valence electrons. The number of benzene rings is 2. The fourth-order valence-electron chi connectivity index (χ4n) is 5.84. The molecule has 1 amide bonds. The number of amides is 1. The van der Waals surface area contributed by atoms with Crippen molar-refractivity contribution in [2.24, 2.45) is 7.05 Å². The van der Waals surface area contributed by atoms with Crippen LogP contribution in [-0.4, -0.2) is 58.6 Å². The molecule has 1 aliphatic rings. The van der Waals surface area contributed by atoms with Crippen LogP contribution in [0, 0.1) is 6.92 Å². The van der Waals surface area contributed by atoms with Crippen LogP contribution in [0.1, 0.15) is 53.7 Å². The highest BCUT2D eigenvalue weighted by molar-refractivity contribution is 6.05. The number of hydrogen-bond acceptors (Lipinski definition) is 6. The van der Waals surface area contributed by atoms with Crippen molar-refractivity contribution < 1.29 is 4.79 Å². The average molecular weight is 566 g/mol. The van der Waals surface area contributed by atoms with Gasteiger partial charge in [-0.05, 0) is 93.7 Å². The normalized spacial score (nSPS) is 13.9.